The van der Waals surface area contributed by atoms with E-state index in [4.69, 9.17) is 0 Å². The van der Waals surface area contributed by atoms with Crippen LogP contribution in [0.25, 0.3) is 11.6 Å². The number of allylic oxidation sites excluding steroid dienone is 1. The van der Waals surface area contributed by atoms with E-state index in [9.17, 15) is 17.6 Å². The van der Waals surface area contributed by atoms with Crippen LogP contribution in [0.3, 0.4) is 0 Å². The fraction of sp³-hybridized carbons (Fsp3) is 0.0625. The predicted molar refractivity (Wildman–Crippen MR) is 68.6 cm³/mol. The first-order chi connectivity index (χ1) is 9.50. The van der Waals surface area contributed by atoms with Crippen molar-refractivity contribution in [3.8, 4) is 0 Å². The third kappa shape index (κ3) is 1.75. The van der Waals surface area contributed by atoms with Crippen molar-refractivity contribution in [2.24, 2.45) is 0 Å². The molecular weight excluding hydrogens is 268 g/mol. The number of hydrogen-bond acceptors (Lipinski definition) is 0. The molecule has 1 radical (unpaired) electrons. The van der Waals surface area contributed by atoms with Gasteiger partial charge in [-0.2, -0.15) is 0 Å². The van der Waals surface area contributed by atoms with E-state index >= 15 is 0 Å². The smallest absolute Gasteiger partial charge is 0.198 e. The molecule has 0 N–H and O–H groups in total. The van der Waals surface area contributed by atoms with Crippen LogP contribution in [0, 0.1) is 29.2 Å². The Morgan fingerprint density at radius 2 is 1.50 bits per heavy atom. The predicted octanol–water partition coefficient (Wildman–Crippen LogP) is 4.74. The van der Waals surface area contributed by atoms with Crippen LogP contribution in [0.15, 0.2) is 30.3 Å². The molecule has 101 valence electrons. The van der Waals surface area contributed by atoms with E-state index in [1.54, 1.807) is 13.0 Å². The molecule has 0 atom stereocenters. The van der Waals surface area contributed by atoms with E-state index in [0.717, 1.165) is 11.1 Å². The van der Waals surface area contributed by atoms with Gasteiger partial charge in [-0.3, -0.25) is 0 Å². The summed E-state index contributed by atoms with van der Waals surface area (Å²) in [6.07, 6.45) is 1.64. The van der Waals surface area contributed by atoms with Crippen molar-refractivity contribution in [2.75, 3.05) is 0 Å². The van der Waals surface area contributed by atoms with Crippen molar-refractivity contribution >= 4 is 11.6 Å². The standard InChI is InChI=1S/C16H9F4/c1-8-10-5-3-2-4-9(10)6-11(8)12-7-13(17)15(19)16(20)14(12)18/h2-7H,1H3. The summed E-state index contributed by atoms with van der Waals surface area (Å²) in [5, 5.41) is 0. The van der Waals surface area contributed by atoms with E-state index in [-0.39, 0.29) is 5.56 Å². The van der Waals surface area contributed by atoms with Gasteiger partial charge < -0.3 is 0 Å². The molecule has 0 saturated carbocycles. The van der Waals surface area contributed by atoms with Crippen LogP contribution >= 0.6 is 0 Å². The maximum Gasteiger partial charge on any atom is 0.198 e. The van der Waals surface area contributed by atoms with Gasteiger partial charge in [-0.15, -0.1) is 0 Å². The highest BCUT2D eigenvalue weighted by atomic mass is 19.2. The largest absolute Gasteiger partial charge is 0.204 e. The summed E-state index contributed by atoms with van der Waals surface area (Å²) in [5.74, 6) is -5.65. The van der Waals surface area contributed by atoms with Crippen LogP contribution in [0.1, 0.15) is 23.6 Å². The van der Waals surface area contributed by atoms with E-state index in [1.165, 1.54) is 0 Å². The molecule has 0 amide bonds. The van der Waals surface area contributed by atoms with Gasteiger partial charge in [-0.05, 0) is 28.8 Å². The van der Waals surface area contributed by atoms with Gasteiger partial charge in [-0.1, -0.05) is 31.2 Å². The number of benzene rings is 2. The van der Waals surface area contributed by atoms with Crippen molar-refractivity contribution in [3.63, 3.8) is 0 Å². The molecule has 0 spiro atoms. The van der Waals surface area contributed by atoms with Crippen molar-refractivity contribution in [3.05, 3.63) is 76.2 Å². The van der Waals surface area contributed by atoms with E-state index in [0.29, 0.717) is 17.6 Å². The first kappa shape index (κ1) is 12.9. The molecule has 4 heteroatoms. The normalized spacial score (nSPS) is 14.3. The minimum absolute atomic E-state index is 0.268. The Hall–Kier alpha value is -2.10. The van der Waals surface area contributed by atoms with Crippen LogP contribution in [-0.2, 0) is 0 Å². The summed E-state index contributed by atoms with van der Waals surface area (Å²) in [4.78, 5) is 0. The molecule has 0 aliphatic heterocycles. The topological polar surface area (TPSA) is 0 Å². The molecule has 0 bridgehead atoms. The minimum Gasteiger partial charge on any atom is -0.204 e. The summed E-state index contributed by atoms with van der Waals surface area (Å²) in [6, 6.07) is 7.98. The van der Waals surface area contributed by atoms with Crippen molar-refractivity contribution in [1.82, 2.24) is 0 Å². The maximum absolute atomic E-state index is 13.9. The number of rotatable bonds is 1. The maximum atomic E-state index is 13.9. The molecule has 2 aromatic carbocycles. The minimum atomic E-state index is -1.79. The molecule has 20 heavy (non-hydrogen) atoms. The first-order valence-corrected chi connectivity index (χ1v) is 5.99. The second-order valence-electron chi connectivity index (χ2n) is 4.62. The fourth-order valence-electron chi connectivity index (χ4n) is 2.42. The van der Waals surface area contributed by atoms with Gasteiger partial charge in [0.05, 0.1) is 0 Å². The van der Waals surface area contributed by atoms with Crippen molar-refractivity contribution in [2.45, 2.75) is 6.92 Å². The van der Waals surface area contributed by atoms with Gasteiger partial charge in [-0.25, -0.2) is 17.6 Å². The molecule has 3 rings (SSSR count). The van der Waals surface area contributed by atoms with Crippen LogP contribution in [0.5, 0.6) is 0 Å². The van der Waals surface area contributed by atoms with Crippen LogP contribution in [0.4, 0.5) is 17.6 Å². The first-order valence-electron chi connectivity index (χ1n) is 5.99. The number of hydrogen-bond donors (Lipinski definition) is 0. The van der Waals surface area contributed by atoms with Crippen molar-refractivity contribution < 1.29 is 17.6 Å². The average Bonchev–Trinajstić information content (AvgIpc) is 2.78. The van der Waals surface area contributed by atoms with Gasteiger partial charge in [0, 0.05) is 11.5 Å². The van der Waals surface area contributed by atoms with Crippen molar-refractivity contribution in [1.29, 1.82) is 0 Å². The van der Waals surface area contributed by atoms with Gasteiger partial charge in [0.2, 0.25) is 0 Å². The lowest BCUT2D eigenvalue weighted by molar-refractivity contribution is 0.408. The highest BCUT2D eigenvalue weighted by molar-refractivity contribution is 5.98. The zero-order valence-corrected chi connectivity index (χ0v) is 10.5. The number of fused-ring (bicyclic) bond motifs is 1. The molecule has 1 aliphatic carbocycles. The molecule has 0 saturated heterocycles. The highest BCUT2D eigenvalue weighted by Gasteiger charge is 2.28. The molecule has 0 nitrogen and oxygen atoms in total. The quantitative estimate of drug-likeness (QED) is 0.401. The third-order valence-electron chi connectivity index (χ3n) is 3.46. The Morgan fingerprint density at radius 1 is 0.800 bits per heavy atom. The fourth-order valence-corrected chi connectivity index (χ4v) is 2.42. The molecule has 0 heterocycles. The lowest BCUT2D eigenvalue weighted by Gasteiger charge is -2.12. The Labute approximate surface area is 113 Å². The molecule has 0 unspecified atom stereocenters. The van der Waals surface area contributed by atoms with E-state index in [2.05, 4.69) is 0 Å². The summed E-state index contributed by atoms with van der Waals surface area (Å²) in [6.45, 7) is 1.73. The summed E-state index contributed by atoms with van der Waals surface area (Å²) < 4.78 is 53.5. The second kappa shape index (κ2) is 4.47. The van der Waals surface area contributed by atoms with Gasteiger partial charge in [0.25, 0.3) is 0 Å². The number of halogens is 4. The summed E-state index contributed by atoms with van der Waals surface area (Å²) >= 11 is 0. The highest BCUT2D eigenvalue weighted by Crippen LogP contribution is 2.42. The summed E-state index contributed by atoms with van der Waals surface area (Å²) in [5.41, 5.74) is 1.80. The molecule has 1 aliphatic rings. The average molecular weight is 277 g/mol. The van der Waals surface area contributed by atoms with Crippen LogP contribution in [0.2, 0.25) is 0 Å². The van der Waals surface area contributed by atoms with Crippen LogP contribution < -0.4 is 0 Å². The lowest BCUT2D eigenvalue weighted by Crippen LogP contribution is -2.03. The van der Waals surface area contributed by atoms with E-state index < -0.39 is 23.3 Å². The Bertz CT molecular complexity index is 731. The molecule has 2 aromatic rings. The Kier molecular flexibility index (Phi) is 2.89. The van der Waals surface area contributed by atoms with Gasteiger partial charge in [0.15, 0.2) is 23.3 Å². The van der Waals surface area contributed by atoms with Gasteiger partial charge >= 0.3 is 0 Å². The SMILES string of the molecule is C[C]1C(c2cc(F)c(F)c(F)c2F)=Cc2ccccc21. The Morgan fingerprint density at radius 3 is 2.20 bits per heavy atom. The zero-order valence-electron chi connectivity index (χ0n) is 10.5. The monoisotopic (exact) mass is 277 g/mol. The third-order valence-corrected chi connectivity index (χ3v) is 3.46. The molecule has 0 aromatic heterocycles. The zero-order chi connectivity index (χ0) is 14.4. The van der Waals surface area contributed by atoms with Gasteiger partial charge in [0.1, 0.15) is 0 Å². The Balaban J connectivity index is 2.18. The molecule has 0 fully saturated rings. The lowest BCUT2D eigenvalue weighted by atomic mass is 9.92. The summed E-state index contributed by atoms with van der Waals surface area (Å²) in [7, 11) is 0. The molecular formula is C16H9F4. The second-order valence-corrected chi connectivity index (χ2v) is 4.62. The van der Waals surface area contributed by atoms with E-state index in [1.807, 2.05) is 24.3 Å². The van der Waals surface area contributed by atoms with Crippen LogP contribution in [-0.4, -0.2) is 0 Å².